The van der Waals surface area contributed by atoms with Gasteiger partial charge in [-0.15, -0.1) is 0 Å². The summed E-state index contributed by atoms with van der Waals surface area (Å²) in [5, 5.41) is 5.07. The first-order valence-corrected chi connectivity index (χ1v) is 16.8. The summed E-state index contributed by atoms with van der Waals surface area (Å²) in [4.78, 5) is 3.75. The molecular weight excluding hydrogens is 595 g/mol. The Bertz CT molecular complexity index is 2820. The first-order chi connectivity index (χ1) is 24.0. The topological polar surface area (TPSA) is 14.2 Å². The molecule has 2 aromatic heterocycles. The molecule has 0 bridgehead atoms. The molecule has 0 fully saturated rings. The Morgan fingerprint density at radius 1 is 0.490 bits per heavy atom. The lowest BCUT2D eigenvalue weighted by Crippen LogP contribution is -2.15. The monoisotopic (exact) mass is 625 g/mol. The fourth-order valence-electron chi connectivity index (χ4n) is 8.57. The molecule has 0 atom stereocenters. The Morgan fingerprint density at radius 3 is 1.65 bits per heavy atom. The third-order valence-corrected chi connectivity index (χ3v) is 10.7. The summed E-state index contributed by atoms with van der Waals surface area (Å²) in [5.74, 6) is 0. The Balaban J connectivity index is 1.16. The predicted octanol–water partition coefficient (Wildman–Crippen LogP) is 12.4. The molecule has 7 aromatic carbocycles. The van der Waals surface area contributed by atoms with Gasteiger partial charge in [0.1, 0.15) is 0 Å². The van der Waals surface area contributed by atoms with Gasteiger partial charge in [0.05, 0.1) is 28.6 Å². The highest BCUT2D eigenvalue weighted by molar-refractivity contribution is 6.14. The van der Waals surface area contributed by atoms with Crippen molar-refractivity contribution in [1.82, 2.24) is 9.13 Å². The maximum atomic E-state index is 7.64. The zero-order valence-corrected chi connectivity index (χ0v) is 27.3. The second-order valence-electron chi connectivity index (χ2n) is 13.7. The molecule has 0 N–H and O–H groups in total. The van der Waals surface area contributed by atoms with Crippen molar-refractivity contribution in [2.75, 3.05) is 0 Å². The Hall–Kier alpha value is -6.37. The van der Waals surface area contributed by atoms with E-state index < -0.39 is 0 Å². The molecule has 230 valence electrons. The summed E-state index contributed by atoms with van der Waals surface area (Å²) < 4.78 is 4.81. The summed E-state index contributed by atoms with van der Waals surface area (Å²) >= 11 is 0. The van der Waals surface area contributed by atoms with E-state index in [1.807, 2.05) is 6.07 Å². The van der Waals surface area contributed by atoms with Gasteiger partial charge in [0.25, 0.3) is 0 Å². The first-order valence-electron chi connectivity index (χ1n) is 16.8. The van der Waals surface area contributed by atoms with Gasteiger partial charge in [0.15, 0.2) is 5.69 Å². The number of para-hydroxylation sites is 3. The molecule has 0 saturated carbocycles. The van der Waals surface area contributed by atoms with Gasteiger partial charge in [-0.1, -0.05) is 111 Å². The van der Waals surface area contributed by atoms with Gasteiger partial charge in [-0.25, -0.2) is 4.85 Å². The van der Waals surface area contributed by atoms with Gasteiger partial charge >= 0.3 is 0 Å². The number of hydrogen-bond acceptors (Lipinski definition) is 0. The van der Waals surface area contributed by atoms with Gasteiger partial charge in [-0.2, -0.15) is 0 Å². The van der Waals surface area contributed by atoms with Gasteiger partial charge < -0.3 is 9.13 Å². The molecule has 0 amide bonds. The number of hydrogen-bond donors (Lipinski definition) is 0. The average molecular weight is 626 g/mol. The van der Waals surface area contributed by atoms with Crippen LogP contribution in [-0.2, 0) is 5.41 Å². The van der Waals surface area contributed by atoms with E-state index in [4.69, 9.17) is 6.57 Å². The van der Waals surface area contributed by atoms with E-state index in [2.05, 4.69) is 173 Å². The van der Waals surface area contributed by atoms with Crippen LogP contribution in [0.5, 0.6) is 0 Å². The fourth-order valence-corrected chi connectivity index (χ4v) is 8.57. The van der Waals surface area contributed by atoms with Crippen LogP contribution in [0, 0.1) is 6.57 Å². The molecule has 0 spiro atoms. The van der Waals surface area contributed by atoms with Gasteiger partial charge in [0.2, 0.25) is 0 Å². The zero-order chi connectivity index (χ0) is 32.9. The summed E-state index contributed by atoms with van der Waals surface area (Å²) in [7, 11) is 0. The quantitative estimate of drug-likeness (QED) is 0.174. The standard InChI is InChI=1S/C46H31N3/c1-46(2)39-24-22-31(47-3)28-38(39)36-23-25-43-44(45(36)46)37-18-6-9-21-42(37)49(43)33-15-11-13-30(27-33)29-12-10-14-32(26-29)48-40-19-7-4-16-34(40)35-17-5-8-20-41(35)48/h4-28H,1-2H3. The molecule has 49 heavy (non-hydrogen) atoms. The van der Waals surface area contributed by atoms with Gasteiger partial charge in [-0.3, -0.25) is 0 Å². The molecule has 2 heterocycles. The normalized spacial score (nSPS) is 13.2. The van der Waals surface area contributed by atoms with Crippen molar-refractivity contribution in [2.24, 2.45) is 0 Å². The van der Waals surface area contributed by atoms with E-state index in [-0.39, 0.29) is 5.41 Å². The molecule has 3 heteroatoms. The molecule has 1 aliphatic carbocycles. The lowest BCUT2D eigenvalue weighted by atomic mass is 9.80. The van der Waals surface area contributed by atoms with Crippen molar-refractivity contribution >= 4 is 49.3 Å². The number of aromatic nitrogens is 2. The number of fused-ring (bicyclic) bond motifs is 10. The highest BCUT2D eigenvalue weighted by atomic mass is 15.0. The highest BCUT2D eigenvalue weighted by Crippen LogP contribution is 2.54. The highest BCUT2D eigenvalue weighted by Gasteiger charge is 2.38. The Kier molecular flexibility index (Phi) is 5.69. The van der Waals surface area contributed by atoms with Crippen LogP contribution in [-0.4, -0.2) is 9.13 Å². The number of rotatable bonds is 3. The Morgan fingerprint density at radius 2 is 1.04 bits per heavy atom. The summed E-state index contributed by atoms with van der Waals surface area (Å²) in [6.45, 7) is 12.3. The SMILES string of the molecule is [C-]#[N+]c1ccc2c(c1)-c1ccc3c(c1C2(C)C)c1ccccc1n3-c1cccc(-c2cccc(-n3c4ccccc4c4ccccc43)c2)c1. The molecule has 10 rings (SSSR count). The molecule has 1 aliphatic rings. The summed E-state index contributed by atoms with van der Waals surface area (Å²) in [6.07, 6.45) is 0. The van der Waals surface area contributed by atoms with Crippen molar-refractivity contribution in [3.8, 4) is 33.6 Å². The lowest BCUT2D eigenvalue weighted by molar-refractivity contribution is 0.666. The molecular formula is C46H31N3. The van der Waals surface area contributed by atoms with Crippen LogP contribution in [0.3, 0.4) is 0 Å². The fraction of sp³-hybridized carbons (Fsp3) is 0.0652. The molecule has 3 nitrogen and oxygen atoms in total. The molecule has 0 radical (unpaired) electrons. The largest absolute Gasteiger partial charge is 0.309 e. The maximum absolute atomic E-state index is 7.64. The van der Waals surface area contributed by atoms with Crippen molar-refractivity contribution in [1.29, 1.82) is 0 Å². The van der Waals surface area contributed by atoms with E-state index in [9.17, 15) is 0 Å². The summed E-state index contributed by atoms with van der Waals surface area (Å²) in [6, 6.07) is 54.7. The van der Waals surface area contributed by atoms with E-state index in [0.717, 1.165) is 11.4 Å². The van der Waals surface area contributed by atoms with Crippen LogP contribution in [0.2, 0.25) is 0 Å². The second-order valence-corrected chi connectivity index (χ2v) is 13.7. The average Bonchev–Trinajstić information content (AvgIpc) is 3.75. The second kappa shape index (κ2) is 10.1. The van der Waals surface area contributed by atoms with E-state index >= 15 is 0 Å². The van der Waals surface area contributed by atoms with Crippen LogP contribution in [0.4, 0.5) is 5.69 Å². The third-order valence-electron chi connectivity index (χ3n) is 10.7. The van der Waals surface area contributed by atoms with E-state index in [0.29, 0.717) is 5.69 Å². The van der Waals surface area contributed by atoms with Gasteiger partial charge in [0, 0.05) is 38.3 Å². The predicted molar refractivity (Wildman–Crippen MR) is 204 cm³/mol. The third kappa shape index (κ3) is 3.83. The van der Waals surface area contributed by atoms with Crippen LogP contribution < -0.4 is 0 Å². The number of nitrogens with zero attached hydrogens (tertiary/aromatic N) is 3. The Labute approximate surface area is 284 Å². The molecule has 9 aromatic rings. The first kappa shape index (κ1) is 27.7. The molecule has 0 aliphatic heterocycles. The minimum atomic E-state index is -0.200. The van der Waals surface area contributed by atoms with Crippen molar-refractivity contribution < 1.29 is 0 Å². The maximum Gasteiger partial charge on any atom is 0.187 e. The van der Waals surface area contributed by atoms with Crippen LogP contribution in [0.15, 0.2) is 152 Å². The molecule has 0 saturated heterocycles. The minimum absolute atomic E-state index is 0.200. The van der Waals surface area contributed by atoms with Crippen molar-refractivity contribution in [3.63, 3.8) is 0 Å². The van der Waals surface area contributed by atoms with Crippen molar-refractivity contribution in [3.05, 3.63) is 174 Å². The van der Waals surface area contributed by atoms with E-state index in [1.54, 1.807) is 0 Å². The zero-order valence-electron chi connectivity index (χ0n) is 27.3. The smallest absolute Gasteiger partial charge is 0.187 e. The number of benzene rings is 7. The van der Waals surface area contributed by atoms with Crippen LogP contribution in [0.1, 0.15) is 25.0 Å². The summed E-state index contributed by atoms with van der Waals surface area (Å²) in [5.41, 5.74) is 15.0. The molecule has 0 unspecified atom stereocenters. The lowest BCUT2D eigenvalue weighted by Gasteiger charge is -2.22. The van der Waals surface area contributed by atoms with Crippen LogP contribution >= 0.6 is 0 Å². The van der Waals surface area contributed by atoms with Crippen LogP contribution in [0.25, 0.3) is 82.1 Å². The van der Waals surface area contributed by atoms with Crippen molar-refractivity contribution in [2.45, 2.75) is 19.3 Å². The minimum Gasteiger partial charge on any atom is -0.309 e. The van der Waals surface area contributed by atoms with Gasteiger partial charge in [-0.05, 0) is 88.0 Å². The van der Waals surface area contributed by atoms with E-state index in [1.165, 1.54) is 77.0 Å².